The van der Waals surface area contributed by atoms with Crippen LogP contribution in [0.1, 0.15) is 25.7 Å². The van der Waals surface area contributed by atoms with Crippen molar-refractivity contribution in [2.45, 2.75) is 37.6 Å². The Kier molecular flexibility index (Phi) is 11.9. The maximum absolute atomic E-state index is 6.26. The summed E-state index contributed by atoms with van der Waals surface area (Å²) in [6.07, 6.45) is -2.83. The third-order valence-corrected chi connectivity index (χ3v) is 7.07. The Labute approximate surface area is 223 Å². The van der Waals surface area contributed by atoms with Crippen LogP contribution in [0.4, 0.5) is 11.4 Å². The van der Waals surface area contributed by atoms with Gasteiger partial charge in [0.1, 0.15) is 5.75 Å². The van der Waals surface area contributed by atoms with Crippen molar-refractivity contribution in [2.75, 3.05) is 11.5 Å². The van der Waals surface area contributed by atoms with Gasteiger partial charge in [0.05, 0.1) is 6.10 Å². The van der Waals surface area contributed by atoms with Gasteiger partial charge in [-0.3, -0.25) is 0 Å². The predicted molar refractivity (Wildman–Crippen MR) is 171 cm³/mol. The lowest BCUT2D eigenvalue weighted by Crippen LogP contribution is -2.79. The van der Waals surface area contributed by atoms with Crippen LogP contribution in [0.5, 0.6) is 5.75 Å². The van der Waals surface area contributed by atoms with Crippen molar-refractivity contribution in [3.63, 3.8) is 0 Å². The molecule has 3 nitrogen and oxygen atoms in total. The van der Waals surface area contributed by atoms with Crippen LogP contribution in [0.15, 0.2) is 18.2 Å². The van der Waals surface area contributed by atoms with Crippen molar-refractivity contribution in [1.29, 1.82) is 0 Å². The number of anilines is 2. The topological polar surface area (TPSA) is 61.3 Å². The molecule has 0 bridgehead atoms. The van der Waals surface area contributed by atoms with Gasteiger partial charge in [0, 0.05) is 158 Å². The summed E-state index contributed by atoms with van der Waals surface area (Å²) in [7, 11) is 61.4. The van der Waals surface area contributed by atoms with Crippen molar-refractivity contribution >= 4 is 146 Å². The first-order chi connectivity index (χ1) is 15.8. The number of benzene rings is 1. The Morgan fingerprint density at radius 3 is 1.38 bits per heavy atom. The molecule has 0 saturated heterocycles. The molecule has 0 aliphatic heterocycles. The molecule has 0 spiro atoms. The number of ether oxygens (including phenoxy) is 1. The number of hydrogen-bond acceptors (Lipinski definition) is 3. The van der Waals surface area contributed by atoms with Gasteiger partial charge >= 0.3 is 0 Å². The van der Waals surface area contributed by atoms with Crippen LogP contribution in [0.2, 0.25) is 5.82 Å². The lowest BCUT2D eigenvalue weighted by molar-refractivity contribution is 0.155. The molecule has 1 aromatic carbocycles. The van der Waals surface area contributed by atoms with Crippen LogP contribution in [-0.4, -0.2) is 141 Å². The van der Waals surface area contributed by atoms with Crippen LogP contribution in [-0.2, 0) is 0 Å². The summed E-state index contributed by atoms with van der Waals surface area (Å²) in [5, 5.41) is 0. The van der Waals surface area contributed by atoms with E-state index in [0.717, 1.165) is 25.7 Å². The minimum absolute atomic E-state index is 0.0241. The fourth-order valence-electron chi connectivity index (χ4n) is 5.69. The molecule has 20 radical (unpaired) electrons. The normalized spacial score (nSPS) is 17.2. The minimum atomic E-state index is -0.862. The van der Waals surface area contributed by atoms with Crippen LogP contribution in [0, 0.1) is 0 Å². The molecule has 0 heterocycles. The second kappa shape index (κ2) is 13.4. The highest BCUT2D eigenvalue weighted by Crippen LogP contribution is 2.36. The Balaban J connectivity index is 2.31. The highest BCUT2D eigenvalue weighted by molar-refractivity contribution is 8.14. The smallest absolute Gasteiger partial charge is 0.123 e. The van der Waals surface area contributed by atoms with Gasteiger partial charge in [-0.15, -0.1) is 0 Å². The Bertz CT molecular complexity index is 725. The Morgan fingerprint density at radius 2 is 1.00 bits per heavy atom. The first-order valence-electron chi connectivity index (χ1n) is 11.7. The van der Waals surface area contributed by atoms with Crippen LogP contribution < -0.4 is 16.2 Å². The number of nitrogen functional groups attached to an aromatic ring is 2. The highest BCUT2D eigenvalue weighted by atomic mass is 16.5. The zero-order valence-corrected chi connectivity index (χ0v) is 19.7. The second-order valence-electron chi connectivity index (χ2n) is 9.69. The lowest BCUT2D eigenvalue weighted by atomic mass is 8.42. The number of nitrogens with two attached hydrogens (primary N) is 2. The summed E-state index contributed by atoms with van der Waals surface area (Å²) in [4.78, 5) is 0. The van der Waals surface area contributed by atoms with Gasteiger partial charge < -0.3 is 16.2 Å². The molecular formula is C12H17B19N2O. The maximum Gasteiger partial charge on any atom is 0.123 e. The summed E-state index contributed by atoms with van der Waals surface area (Å²) in [6, 6.07) is 5.18. The summed E-state index contributed by atoms with van der Waals surface area (Å²) in [6.45, 7) is -0.307. The molecule has 138 valence electrons. The van der Waals surface area contributed by atoms with E-state index in [-0.39, 0.29) is 18.4 Å². The monoisotopic (exact) mass is 414 g/mol. The van der Waals surface area contributed by atoms with E-state index in [0.29, 0.717) is 17.1 Å². The van der Waals surface area contributed by atoms with E-state index >= 15 is 0 Å². The van der Waals surface area contributed by atoms with E-state index in [1.165, 1.54) is 0 Å². The van der Waals surface area contributed by atoms with Crippen molar-refractivity contribution < 1.29 is 4.74 Å². The zero-order valence-electron chi connectivity index (χ0n) is 19.7. The quantitative estimate of drug-likeness (QED) is 0.285. The van der Waals surface area contributed by atoms with Gasteiger partial charge in [0.2, 0.25) is 0 Å². The van der Waals surface area contributed by atoms with Crippen molar-refractivity contribution in [3.05, 3.63) is 18.2 Å². The molecule has 0 aromatic heterocycles. The first-order valence-corrected chi connectivity index (χ1v) is 11.7. The molecule has 1 aliphatic rings. The zero-order chi connectivity index (χ0) is 25.7. The number of hydrogen-bond donors (Lipinski definition) is 2. The Hall–Kier alpha value is -0.146. The molecule has 1 aliphatic carbocycles. The largest absolute Gasteiger partial charge is 0.490 e. The van der Waals surface area contributed by atoms with E-state index in [2.05, 4.69) is 0 Å². The van der Waals surface area contributed by atoms with Crippen LogP contribution in [0.3, 0.4) is 0 Å². The van der Waals surface area contributed by atoms with Crippen LogP contribution in [0.25, 0.3) is 0 Å². The molecule has 4 N–H and O–H groups in total. The standard InChI is InChI=1S/C12H17B19N2O/c13-24(14)29(25(15)16)23(30(26(17)18)31(27(19)20)28(21)22)8-1-3-11(4-2-8)34-12-6-9(32)5-10(33)7-12/h5-8,11H,1-4,32-33H2. The molecular weight excluding hydrogens is 394 g/mol. The summed E-state index contributed by atoms with van der Waals surface area (Å²) in [5.74, 6) is 0.702. The van der Waals surface area contributed by atoms with Gasteiger partial charge in [-0.25, -0.2) is 0 Å². The molecule has 0 amide bonds. The van der Waals surface area contributed by atoms with Gasteiger partial charge in [-0.05, 0) is 18.9 Å². The van der Waals surface area contributed by atoms with Crippen molar-refractivity contribution in [1.82, 2.24) is 0 Å². The lowest BCUT2D eigenvalue weighted by Gasteiger charge is -2.47. The third-order valence-electron chi connectivity index (χ3n) is 7.07. The molecule has 22 heteroatoms. The molecule has 0 atom stereocenters. The predicted octanol–water partition coefficient (Wildman–Crippen LogP) is -4.72. The maximum atomic E-state index is 6.26. The summed E-state index contributed by atoms with van der Waals surface area (Å²) in [5.41, 5.74) is 12.9. The molecule has 1 aromatic rings. The van der Waals surface area contributed by atoms with E-state index in [1.54, 1.807) is 18.2 Å². The molecule has 34 heavy (non-hydrogen) atoms. The van der Waals surface area contributed by atoms with Crippen molar-refractivity contribution in [3.8, 4) is 5.75 Å². The third kappa shape index (κ3) is 7.93. The van der Waals surface area contributed by atoms with E-state index < -0.39 is 51.1 Å². The fraction of sp³-hybridized carbons (Fsp3) is 0.500. The van der Waals surface area contributed by atoms with Gasteiger partial charge in [0.25, 0.3) is 0 Å². The van der Waals surface area contributed by atoms with Crippen LogP contribution >= 0.6 is 0 Å². The highest BCUT2D eigenvalue weighted by Gasteiger charge is 2.49. The molecule has 0 unspecified atom stereocenters. The van der Waals surface area contributed by atoms with Gasteiger partial charge in [0.15, 0.2) is 0 Å². The molecule has 2 rings (SSSR count). The second-order valence-corrected chi connectivity index (χ2v) is 9.69. The van der Waals surface area contributed by atoms with Gasteiger partial charge in [-0.2, -0.15) is 0 Å². The SMILES string of the molecule is [B]B([B])B(B([B])[B])B(B([B])[B])B(B(B([B])[B])B([B])[B])C1CCC(Oc2cc(N)cc(N)c2)CC1. The van der Waals surface area contributed by atoms with Gasteiger partial charge in [-0.1, -0.05) is 18.7 Å². The molecule has 1 saturated carbocycles. The summed E-state index contributed by atoms with van der Waals surface area (Å²) >= 11 is 0. The minimum Gasteiger partial charge on any atom is -0.490 e. The Morgan fingerprint density at radius 1 is 0.588 bits per heavy atom. The average Bonchev–Trinajstić information content (AvgIpc) is 2.68. The van der Waals surface area contributed by atoms with E-state index in [9.17, 15) is 0 Å². The first kappa shape index (κ1) is 30.1. The molecule has 1 fully saturated rings. The number of rotatable bonds is 11. The average molecular weight is 411 g/mol. The fourth-order valence-corrected chi connectivity index (χ4v) is 5.69. The van der Waals surface area contributed by atoms with E-state index in [1.807, 2.05) is 0 Å². The van der Waals surface area contributed by atoms with Crippen molar-refractivity contribution in [2.24, 2.45) is 0 Å². The summed E-state index contributed by atoms with van der Waals surface area (Å²) < 4.78 is 6.14. The van der Waals surface area contributed by atoms with E-state index in [4.69, 9.17) is 93.6 Å².